The molecule has 2 atom stereocenters. The van der Waals surface area contributed by atoms with Crippen LogP contribution in [0.5, 0.6) is 0 Å². The van der Waals surface area contributed by atoms with Crippen LogP contribution in [0.4, 0.5) is 0 Å². The third-order valence-electron chi connectivity index (χ3n) is 2.72. The maximum absolute atomic E-state index is 9.02. The molecule has 0 saturated heterocycles. The van der Waals surface area contributed by atoms with Gasteiger partial charge >= 0.3 is 0 Å². The lowest BCUT2D eigenvalue weighted by Gasteiger charge is -2.20. The lowest BCUT2D eigenvalue weighted by atomic mass is 10.1. The van der Waals surface area contributed by atoms with Crippen molar-refractivity contribution in [2.24, 2.45) is 0 Å². The van der Waals surface area contributed by atoms with Crippen molar-refractivity contribution in [3.05, 3.63) is 0 Å². The summed E-state index contributed by atoms with van der Waals surface area (Å²) in [6.45, 7) is 6.82. The molecule has 2 heteroatoms. The summed E-state index contributed by atoms with van der Waals surface area (Å²) >= 11 is 0. The average Bonchev–Trinajstić information content (AvgIpc) is 2.21. The first-order chi connectivity index (χ1) is 6.74. The molecule has 0 aromatic carbocycles. The molecule has 0 aliphatic rings. The minimum atomic E-state index is 0.260. The first kappa shape index (κ1) is 13.9. The molecule has 0 spiro atoms. The second-order valence-electron chi connectivity index (χ2n) is 4.20. The Hall–Kier alpha value is -0.0800. The van der Waals surface area contributed by atoms with Crippen molar-refractivity contribution in [1.29, 1.82) is 0 Å². The summed E-state index contributed by atoms with van der Waals surface area (Å²) in [4.78, 5) is 0. The summed E-state index contributed by atoms with van der Waals surface area (Å²) in [5, 5.41) is 12.5. The van der Waals surface area contributed by atoms with E-state index in [0.29, 0.717) is 6.04 Å². The molecule has 0 aliphatic heterocycles. The summed E-state index contributed by atoms with van der Waals surface area (Å²) in [6.07, 6.45) is 7.55. The van der Waals surface area contributed by atoms with E-state index in [2.05, 4.69) is 26.1 Å². The third kappa shape index (κ3) is 7.34. The molecule has 0 radical (unpaired) electrons. The van der Waals surface area contributed by atoms with E-state index in [4.69, 9.17) is 5.11 Å². The Labute approximate surface area is 89.1 Å². The number of aliphatic hydroxyl groups excluding tert-OH is 1. The van der Waals surface area contributed by atoms with Crippen LogP contribution in [0.25, 0.3) is 0 Å². The van der Waals surface area contributed by atoms with Gasteiger partial charge in [-0.25, -0.2) is 0 Å². The van der Waals surface area contributed by atoms with Gasteiger partial charge < -0.3 is 10.4 Å². The number of aliphatic hydroxyl groups is 1. The van der Waals surface area contributed by atoms with Gasteiger partial charge in [0.1, 0.15) is 0 Å². The van der Waals surface area contributed by atoms with Crippen LogP contribution in [0, 0.1) is 0 Å². The van der Waals surface area contributed by atoms with Gasteiger partial charge in [0, 0.05) is 12.1 Å². The lowest BCUT2D eigenvalue weighted by molar-refractivity contribution is 0.227. The number of hydrogen-bond acceptors (Lipinski definition) is 2. The first-order valence-corrected chi connectivity index (χ1v) is 6.11. The predicted molar refractivity (Wildman–Crippen MR) is 62.5 cm³/mol. The minimum absolute atomic E-state index is 0.260. The van der Waals surface area contributed by atoms with Gasteiger partial charge in [0.05, 0.1) is 6.61 Å². The lowest BCUT2D eigenvalue weighted by Crippen LogP contribution is -2.38. The molecular weight excluding hydrogens is 174 g/mol. The number of rotatable bonds is 9. The SMILES string of the molecule is CCCCCC[C@H](C)N[C@H](CC)CO. The van der Waals surface area contributed by atoms with E-state index in [1.165, 1.54) is 32.1 Å². The zero-order chi connectivity index (χ0) is 10.8. The van der Waals surface area contributed by atoms with Crippen LogP contribution >= 0.6 is 0 Å². The van der Waals surface area contributed by atoms with Crippen LogP contribution < -0.4 is 5.32 Å². The summed E-state index contributed by atoms with van der Waals surface area (Å²) in [5.41, 5.74) is 0. The third-order valence-corrected chi connectivity index (χ3v) is 2.72. The fraction of sp³-hybridized carbons (Fsp3) is 1.00. The van der Waals surface area contributed by atoms with Gasteiger partial charge in [0.25, 0.3) is 0 Å². The van der Waals surface area contributed by atoms with Crippen molar-refractivity contribution >= 4 is 0 Å². The zero-order valence-electron chi connectivity index (χ0n) is 10.1. The highest BCUT2D eigenvalue weighted by Crippen LogP contribution is 2.06. The van der Waals surface area contributed by atoms with Crippen LogP contribution in [0.15, 0.2) is 0 Å². The largest absolute Gasteiger partial charge is 0.395 e. The van der Waals surface area contributed by atoms with Crippen molar-refractivity contribution in [3.8, 4) is 0 Å². The summed E-state index contributed by atoms with van der Waals surface area (Å²) in [5.74, 6) is 0. The van der Waals surface area contributed by atoms with Gasteiger partial charge in [0.15, 0.2) is 0 Å². The van der Waals surface area contributed by atoms with Gasteiger partial charge in [-0.1, -0.05) is 39.5 Å². The molecule has 0 unspecified atom stereocenters. The van der Waals surface area contributed by atoms with E-state index in [-0.39, 0.29) is 12.6 Å². The van der Waals surface area contributed by atoms with Crippen molar-refractivity contribution in [2.45, 2.75) is 71.4 Å². The van der Waals surface area contributed by atoms with E-state index < -0.39 is 0 Å². The monoisotopic (exact) mass is 201 g/mol. The standard InChI is InChI=1S/C12H27NO/c1-4-6-7-8-9-11(3)13-12(5-2)10-14/h11-14H,4-10H2,1-3H3/t11-,12+/m0/s1. The van der Waals surface area contributed by atoms with Crippen molar-refractivity contribution in [2.75, 3.05) is 6.61 Å². The highest BCUT2D eigenvalue weighted by atomic mass is 16.3. The zero-order valence-corrected chi connectivity index (χ0v) is 10.1. The molecule has 0 bridgehead atoms. The number of nitrogens with one attached hydrogen (secondary N) is 1. The molecule has 86 valence electrons. The summed E-state index contributed by atoms with van der Waals surface area (Å²) < 4.78 is 0. The number of hydrogen-bond donors (Lipinski definition) is 2. The maximum atomic E-state index is 9.02. The van der Waals surface area contributed by atoms with Gasteiger partial charge in [-0.05, 0) is 19.8 Å². The molecule has 0 saturated carbocycles. The smallest absolute Gasteiger partial charge is 0.0584 e. The van der Waals surface area contributed by atoms with E-state index in [0.717, 1.165) is 6.42 Å². The fourth-order valence-electron chi connectivity index (χ4n) is 1.66. The molecular formula is C12H27NO. The second kappa shape index (κ2) is 9.47. The van der Waals surface area contributed by atoms with E-state index in [1.54, 1.807) is 0 Å². The summed E-state index contributed by atoms with van der Waals surface area (Å²) in [6, 6.07) is 0.833. The molecule has 0 aliphatic carbocycles. The topological polar surface area (TPSA) is 32.3 Å². The molecule has 0 aromatic rings. The summed E-state index contributed by atoms with van der Waals surface area (Å²) in [7, 11) is 0. The van der Waals surface area contributed by atoms with Crippen molar-refractivity contribution in [3.63, 3.8) is 0 Å². The Morgan fingerprint density at radius 3 is 2.36 bits per heavy atom. The fourth-order valence-corrected chi connectivity index (χ4v) is 1.66. The van der Waals surface area contributed by atoms with E-state index >= 15 is 0 Å². The maximum Gasteiger partial charge on any atom is 0.0584 e. The normalized spacial score (nSPS) is 15.4. The van der Waals surface area contributed by atoms with Crippen molar-refractivity contribution < 1.29 is 5.11 Å². The van der Waals surface area contributed by atoms with Gasteiger partial charge in [-0.2, -0.15) is 0 Å². The van der Waals surface area contributed by atoms with E-state index in [1.807, 2.05) is 0 Å². The average molecular weight is 201 g/mol. The molecule has 0 rings (SSSR count). The molecule has 0 amide bonds. The highest BCUT2D eigenvalue weighted by Gasteiger charge is 2.08. The van der Waals surface area contributed by atoms with Crippen LogP contribution in [0.2, 0.25) is 0 Å². The van der Waals surface area contributed by atoms with Gasteiger partial charge in [-0.3, -0.25) is 0 Å². The Bertz CT molecular complexity index is 113. The van der Waals surface area contributed by atoms with Crippen LogP contribution in [-0.2, 0) is 0 Å². The quantitative estimate of drug-likeness (QED) is 0.562. The van der Waals surface area contributed by atoms with Crippen molar-refractivity contribution in [1.82, 2.24) is 5.32 Å². The predicted octanol–water partition coefficient (Wildman–Crippen LogP) is 2.71. The second-order valence-corrected chi connectivity index (χ2v) is 4.20. The Balaban J connectivity index is 3.38. The van der Waals surface area contributed by atoms with Gasteiger partial charge in [-0.15, -0.1) is 0 Å². The minimum Gasteiger partial charge on any atom is -0.395 e. The Morgan fingerprint density at radius 1 is 1.14 bits per heavy atom. The van der Waals surface area contributed by atoms with Crippen LogP contribution in [0.1, 0.15) is 59.3 Å². The molecule has 2 N–H and O–H groups in total. The molecule has 0 aromatic heterocycles. The van der Waals surface area contributed by atoms with E-state index in [9.17, 15) is 0 Å². The Kier molecular flexibility index (Phi) is 9.42. The molecule has 0 fully saturated rings. The Morgan fingerprint density at radius 2 is 1.86 bits per heavy atom. The van der Waals surface area contributed by atoms with Crippen LogP contribution in [-0.4, -0.2) is 23.8 Å². The molecule has 14 heavy (non-hydrogen) atoms. The molecule has 0 heterocycles. The highest BCUT2D eigenvalue weighted by molar-refractivity contribution is 4.69. The number of unbranched alkanes of at least 4 members (excludes halogenated alkanes) is 3. The molecule has 2 nitrogen and oxygen atoms in total. The van der Waals surface area contributed by atoms with Crippen LogP contribution in [0.3, 0.4) is 0 Å². The van der Waals surface area contributed by atoms with Gasteiger partial charge in [0.2, 0.25) is 0 Å². The first-order valence-electron chi connectivity index (χ1n) is 6.11.